The lowest BCUT2D eigenvalue weighted by Crippen LogP contribution is -2.39. The van der Waals surface area contributed by atoms with Crippen LogP contribution in [0, 0.1) is 0 Å². The maximum atomic E-state index is 12.1. The van der Waals surface area contributed by atoms with Crippen LogP contribution < -0.4 is 11.3 Å². The lowest BCUT2D eigenvalue weighted by Gasteiger charge is -2.20. The Labute approximate surface area is 104 Å². The molecule has 0 aliphatic carbocycles. The van der Waals surface area contributed by atoms with Crippen LogP contribution in [-0.2, 0) is 0 Å². The second-order valence-electron chi connectivity index (χ2n) is 3.75. The van der Waals surface area contributed by atoms with Crippen LogP contribution in [0.5, 0.6) is 0 Å². The van der Waals surface area contributed by atoms with Crippen LogP contribution >= 0.6 is 0 Å². The molecule has 0 fully saturated rings. The highest BCUT2D eigenvalue weighted by molar-refractivity contribution is 5.95. The molecule has 0 spiro atoms. The number of amides is 1. The number of hydrogen-bond donors (Lipinski definition) is 3. The van der Waals surface area contributed by atoms with Crippen molar-refractivity contribution in [2.24, 2.45) is 10.9 Å². The summed E-state index contributed by atoms with van der Waals surface area (Å²) in [6.45, 7) is 2.37. The highest BCUT2D eigenvalue weighted by Crippen LogP contribution is 2.01. The van der Waals surface area contributed by atoms with Gasteiger partial charge in [0.2, 0.25) is 5.56 Å². The van der Waals surface area contributed by atoms with Crippen LogP contribution in [0.4, 0.5) is 0 Å². The third kappa shape index (κ3) is 3.62. The summed E-state index contributed by atoms with van der Waals surface area (Å²) >= 11 is 0. The van der Waals surface area contributed by atoms with Crippen LogP contribution in [0.2, 0.25) is 0 Å². The summed E-state index contributed by atoms with van der Waals surface area (Å²) in [5, 5.41) is 11.3. The van der Waals surface area contributed by atoms with Crippen molar-refractivity contribution in [3.63, 3.8) is 0 Å². The number of carbonyl (C=O) groups excluding carboxylic acids is 1. The molecule has 7 heteroatoms. The second kappa shape index (κ2) is 6.43. The van der Waals surface area contributed by atoms with E-state index in [1.165, 1.54) is 23.1 Å². The minimum Gasteiger partial charge on any atom is -0.409 e. The molecule has 18 heavy (non-hydrogen) atoms. The van der Waals surface area contributed by atoms with Crippen molar-refractivity contribution in [2.45, 2.75) is 13.3 Å². The number of nitrogens with one attached hydrogen (secondary N) is 1. The van der Waals surface area contributed by atoms with Gasteiger partial charge in [-0.2, -0.15) is 0 Å². The van der Waals surface area contributed by atoms with E-state index in [0.717, 1.165) is 6.42 Å². The van der Waals surface area contributed by atoms with Gasteiger partial charge in [0.05, 0.1) is 6.54 Å². The molecule has 98 valence electrons. The van der Waals surface area contributed by atoms with E-state index in [9.17, 15) is 9.59 Å². The number of hydrogen-bond acceptors (Lipinski definition) is 4. The normalized spacial score (nSPS) is 11.3. The number of aromatic amines is 1. The summed E-state index contributed by atoms with van der Waals surface area (Å²) in [7, 11) is 0. The molecule has 0 aliphatic heterocycles. The average Bonchev–Trinajstić information content (AvgIpc) is 2.37. The number of oxime groups is 1. The van der Waals surface area contributed by atoms with Crippen LogP contribution in [0.1, 0.15) is 23.8 Å². The molecule has 0 aliphatic rings. The first-order valence-corrected chi connectivity index (χ1v) is 5.53. The molecule has 7 nitrogen and oxygen atoms in total. The molecule has 0 bridgehead atoms. The molecule has 0 atom stereocenters. The van der Waals surface area contributed by atoms with Gasteiger partial charge in [0.1, 0.15) is 5.69 Å². The van der Waals surface area contributed by atoms with Gasteiger partial charge >= 0.3 is 0 Å². The van der Waals surface area contributed by atoms with Gasteiger partial charge in [-0.1, -0.05) is 18.1 Å². The van der Waals surface area contributed by atoms with E-state index in [-0.39, 0.29) is 29.5 Å². The summed E-state index contributed by atoms with van der Waals surface area (Å²) in [6, 6.07) is 4.34. The SMILES string of the molecule is CCCN(C/C(N)=N/O)C(=O)c1cccc(=O)[nH]1. The van der Waals surface area contributed by atoms with Crippen LogP contribution in [-0.4, -0.2) is 39.9 Å². The minimum absolute atomic E-state index is 0.0140. The Bertz CT molecular complexity index is 495. The molecular formula is C11H16N4O3. The van der Waals surface area contributed by atoms with Crippen molar-refractivity contribution in [1.82, 2.24) is 9.88 Å². The molecule has 0 saturated heterocycles. The Hall–Kier alpha value is -2.31. The molecule has 1 rings (SSSR count). The van der Waals surface area contributed by atoms with E-state index < -0.39 is 0 Å². The molecular weight excluding hydrogens is 236 g/mol. The zero-order valence-electron chi connectivity index (χ0n) is 10.1. The summed E-state index contributed by atoms with van der Waals surface area (Å²) in [6.07, 6.45) is 0.724. The molecule has 1 aromatic rings. The smallest absolute Gasteiger partial charge is 0.270 e. The number of pyridine rings is 1. The van der Waals surface area contributed by atoms with Gasteiger partial charge in [-0.15, -0.1) is 0 Å². The van der Waals surface area contributed by atoms with E-state index in [1.807, 2.05) is 6.92 Å². The third-order valence-corrected chi connectivity index (χ3v) is 2.26. The Morgan fingerprint density at radius 2 is 2.28 bits per heavy atom. The molecule has 1 heterocycles. The predicted molar refractivity (Wildman–Crippen MR) is 66.7 cm³/mol. The maximum Gasteiger partial charge on any atom is 0.270 e. The predicted octanol–water partition coefficient (Wildman–Crippen LogP) is -0.0265. The van der Waals surface area contributed by atoms with Gasteiger partial charge in [0.25, 0.3) is 5.91 Å². The third-order valence-electron chi connectivity index (χ3n) is 2.26. The van der Waals surface area contributed by atoms with Crippen molar-refractivity contribution < 1.29 is 10.0 Å². The van der Waals surface area contributed by atoms with Crippen molar-refractivity contribution in [3.8, 4) is 0 Å². The highest BCUT2D eigenvalue weighted by atomic mass is 16.4. The number of H-pyrrole nitrogens is 1. The van der Waals surface area contributed by atoms with Crippen molar-refractivity contribution in [2.75, 3.05) is 13.1 Å². The summed E-state index contributed by atoms with van der Waals surface area (Å²) < 4.78 is 0. The Morgan fingerprint density at radius 1 is 1.56 bits per heavy atom. The highest BCUT2D eigenvalue weighted by Gasteiger charge is 2.16. The van der Waals surface area contributed by atoms with Crippen LogP contribution in [0.25, 0.3) is 0 Å². The van der Waals surface area contributed by atoms with Gasteiger partial charge in [0.15, 0.2) is 5.84 Å². The fourth-order valence-corrected chi connectivity index (χ4v) is 1.49. The standard InChI is InChI=1S/C11H16N4O3/c1-2-6-15(7-9(12)14-18)11(17)8-4-3-5-10(16)13-8/h3-5,18H,2,6-7H2,1H3,(H2,12,14)(H,13,16). The lowest BCUT2D eigenvalue weighted by atomic mass is 10.3. The van der Waals surface area contributed by atoms with E-state index in [1.54, 1.807) is 0 Å². The fourth-order valence-electron chi connectivity index (χ4n) is 1.49. The summed E-state index contributed by atoms with van der Waals surface area (Å²) in [5.41, 5.74) is 5.22. The Kier molecular flexibility index (Phi) is 4.91. The topological polar surface area (TPSA) is 112 Å². The average molecular weight is 252 g/mol. The van der Waals surface area contributed by atoms with E-state index in [2.05, 4.69) is 10.1 Å². The molecule has 1 aromatic heterocycles. The molecule has 0 saturated carbocycles. The molecule has 0 unspecified atom stereocenters. The fraction of sp³-hybridized carbons (Fsp3) is 0.364. The monoisotopic (exact) mass is 252 g/mol. The summed E-state index contributed by atoms with van der Waals surface area (Å²) in [5.74, 6) is -0.420. The van der Waals surface area contributed by atoms with Crippen LogP contribution in [0.3, 0.4) is 0 Å². The zero-order valence-corrected chi connectivity index (χ0v) is 10.1. The van der Waals surface area contributed by atoms with E-state index in [4.69, 9.17) is 10.9 Å². The molecule has 0 aromatic carbocycles. The van der Waals surface area contributed by atoms with Crippen LogP contribution in [0.15, 0.2) is 28.1 Å². The van der Waals surface area contributed by atoms with E-state index >= 15 is 0 Å². The number of nitrogens with two attached hydrogens (primary N) is 1. The summed E-state index contributed by atoms with van der Waals surface area (Å²) in [4.78, 5) is 27.1. The zero-order chi connectivity index (χ0) is 13.5. The Balaban J connectivity index is 2.92. The maximum absolute atomic E-state index is 12.1. The largest absolute Gasteiger partial charge is 0.409 e. The first-order valence-electron chi connectivity index (χ1n) is 5.53. The van der Waals surface area contributed by atoms with Gasteiger partial charge in [-0.25, -0.2) is 0 Å². The number of amidine groups is 1. The minimum atomic E-state index is -0.360. The molecule has 4 N–H and O–H groups in total. The number of aromatic nitrogens is 1. The first-order chi connectivity index (χ1) is 8.58. The van der Waals surface area contributed by atoms with Crippen molar-refractivity contribution >= 4 is 11.7 Å². The number of rotatable bonds is 5. The van der Waals surface area contributed by atoms with Gasteiger partial charge < -0.3 is 20.8 Å². The lowest BCUT2D eigenvalue weighted by molar-refractivity contribution is 0.0772. The van der Waals surface area contributed by atoms with Gasteiger partial charge in [-0.3, -0.25) is 9.59 Å². The van der Waals surface area contributed by atoms with Gasteiger partial charge in [-0.05, 0) is 12.5 Å². The molecule has 0 radical (unpaired) electrons. The number of nitrogens with zero attached hydrogens (tertiary/aromatic N) is 2. The van der Waals surface area contributed by atoms with Gasteiger partial charge in [0, 0.05) is 12.6 Å². The van der Waals surface area contributed by atoms with Crippen molar-refractivity contribution in [3.05, 3.63) is 34.2 Å². The van der Waals surface area contributed by atoms with E-state index in [0.29, 0.717) is 6.54 Å². The first kappa shape index (κ1) is 13.8. The number of carbonyl (C=O) groups is 1. The second-order valence-corrected chi connectivity index (χ2v) is 3.75. The quantitative estimate of drug-likeness (QED) is 0.296. The van der Waals surface area contributed by atoms with Crippen molar-refractivity contribution in [1.29, 1.82) is 0 Å². The molecule has 1 amide bonds. The Morgan fingerprint density at radius 3 is 2.83 bits per heavy atom.